The van der Waals surface area contributed by atoms with Crippen molar-refractivity contribution < 1.29 is 36.3 Å². The number of para-hydroxylation sites is 1. The molecule has 35 heavy (non-hydrogen) atoms. The Hall–Kier alpha value is -4.41. The molecule has 1 aliphatic rings. The zero-order valence-electron chi connectivity index (χ0n) is 17.5. The van der Waals surface area contributed by atoms with Gasteiger partial charge in [-0.3, -0.25) is 4.79 Å². The van der Waals surface area contributed by atoms with Gasteiger partial charge in [-0.2, -0.15) is 8.78 Å². The van der Waals surface area contributed by atoms with Crippen LogP contribution in [0.3, 0.4) is 0 Å². The minimum absolute atomic E-state index is 0.124. The number of halogens is 5. The number of carbonyl (C=O) groups excluding carboxylic acids is 2. The summed E-state index contributed by atoms with van der Waals surface area (Å²) in [4.78, 5) is 29.4. The third kappa shape index (κ3) is 3.74. The molecule has 1 aliphatic heterocycles. The average Bonchev–Trinajstić information content (AvgIpc) is 3.40. The van der Waals surface area contributed by atoms with Crippen LogP contribution >= 0.6 is 0 Å². The molecule has 3 aromatic carbocycles. The summed E-state index contributed by atoms with van der Waals surface area (Å²) in [7, 11) is 0. The number of amides is 3. The number of urea groups is 1. The molecule has 2 heterocycles. The van der Waals surface area contributed by atoms with Crippen LogP contribution in [0.15, 0.2) is 54.7 Å². The smallest absolute Gasteiger partial charge is 0.329 e. The summed E-state index contributed by atoms with van der Waals surface area (Å²) in [5.41, 5.74) is 1.85. The van der Waals surface area contributed by atoms with Crippen LogP contribution < -0.4 is 15.0 Å². The van der Waals surface area contributed by atoms with Crippen molar-refractivity contribution in [1.29, 1.82) is 0 Å². The van der Waals surface area contributed by atoms with Gasteiger partial charge in [0.15, 0.2) is 0 Å². The molecule has 0 saturated carbocycles. The fourth-order valence-electron chi connectivity index (χ4n) is 3.89. The van der Waals surface area contributed by atoms with E-state index in [0.717, 1.165) is 33.5 Å². The van der Waals surface area contributed by atoms with E-state index in [9.17, 15) is 31.5 Å². The number of hydrogen-bond acceptors (Lipinski definition) is 3. The van der Waals surface area contributed by atoms with Crippen molar-refractivity contribution in [1.82, 2.24) is 10.3 Å². The molecule has 0 radical (unpaired) electrons. The van der Waals surface area contributed by atoms with Crippen LogP contribution in [0.4, 0.5) is 32.4 Å². The summed E-state index contributed by atoms with van der Waals surface area (Å²) in [6.07, 6.45) is 2.00. The van der Waals surface area contributed by atoms with Gasteiger partial charge in [0.1, 0.15) is 11.8 Å². The summed E-state index contributed by atoms with van der Waals surface area (Å²) in [5.74, 6) is -13.1. The van der Waals surface area contributed by atoms with Gasteiger partial charge in [-0.25, -0.2) is 22.9 Å². The highest BCUT2D eigenvalue weighted by atomic mass is 19.2. The van der Waals surface area contributed by atoms with Crippen molar-refractivity contribution in [2.45, 2.75) is 12.5 Å². The first kappa shape index (κ1) is 22.4. The maximum Gasteiger partial charge on any atom is 0.329 e. The molecule has 0 unspecified atom stereocenters. The summed E-state index contributed by atoms with van der Waals surface area (Å²) in [6, 6.07) is 10.7. The van der Waals surface area contributed by atoms with Gasteiger partial charge in [0.2, 0.25) is 34.8 Å². The number of carbonyl (C=O) groups is 2. The van der Waals surface area contributed by atoms with E-state index in [1.54, 1.807) is 6.20 Å². The standard InChI is InChI=1S/C24H14F5N3O3/c25-17-18(26)20(28)22(21(29)19(17)27)35-13-7-5-12(6-8-13)32-23(33)16(31-24(32)34)9-11-10-30-15-4-2-1-3-14(11)15/h1-8,10,16,30H,9H2,(H,31,34)/t16-/m1/s1. The highest BCUT2D eigenvalue weighted by molar-refractivity contribution is 6.21. The number of anilines is 1. The number of H-pyrrole nitrogens is 1. The van der Waals surface area contributed by atoms with E-state index in [-0.39, 0.29) is 17.9 Å². The lowest BCUT2D eigenvalue weighted by Crippen LogP contribution is -2.32. The molecule has 1 saturated heterocycles. The van der Waals surface area contributed by atoms with Gasteiger partial charge in [0, 0.05) is 23.5 Å². The van der Waals surface area contributed by atoms with Crippen LogP contribution in [0.1, 0.15) is 5.56 Å². The van der Waals surface area contributed by atoms with Crippen molar-refractivity contribution in [2.24, 2.45) is 0 Å². The molecule has 3 amide bonds. The zero-order chi connectivity index (χ0) is 24.9. The maximum atomic E-state index is 13.9. The van der Waals surface area contributed by atoms with E-state index in [1.807, 2.05) is 24.3 Å². The number of hydrogen-bond donors (Lipinski definition) is 2. The fraction of sp³-hybridized carbons (Fsp3) is 0.0833. The van der Waals surface area contributed by atoms with Crippen molar-refractivity contribution >= 4 is 28.5 Å². The monoisotopic (exact) mass is 487 g/mol. The molecule has 0 aliphatic carbocycles. The summed E-state index contributed by atoms with van der Waals surface area (Å²) < 4.78 is 72.5. The average molecular weight is 487 g/mol. The van der Waals surface area contributed by atoms with Crippen LogP contribution in [0, 0.1) is 29.1 Å². The Labute approximate surface area is 193 Å². The molecule has 1 aromatic heterocycles. The second-order valence-corrected chi connectivity index (χ2v) is 7.73. The first-order chi connectivity index (χ1) is 16.8. The largest absolute Gasteiger partial charge is 0.451 e. The molecule has 4 aromatic rings. The third-order valence-corrected chi connectivity index (χ3v) is 5.60. The van der Waals surface area contributed by atoms with Gasteiger partial charge in [0.05, 0.1) is 5.69 Å². The quantitative estimate of drug-likeness (QED) is 0.173. The lowest BCUT2D eigenvalue weighted by Gasteiger charge is -2.14. The van der Waals surface area contributed by atoms with E-state index >= 15 is 0 Å². The Morgan fingerprint density at radius 2 is 1.46 bits per heavy atom. The van der Waals surface area contributed by atoms with Crippen molar-refractivity contribution in [3.8, 4) is 11.5 Å². The van der Waals surface area contributed by atoms with E-state index in [4.69, 9.17) is 4.74 Å². The number of rotatable bonds is 5. The van der Waals surface area contributed by atoms with Crippen LogP contribution in [0.2, 0.25) is 0 Å². The van der Waals surface area contributed by atoms with Crippen LogP contribution in [-0.2, 0) is 11.2 Å². The minimum Gasteiger partial charge on any atom is -0.451 e. The summed E-state index contributed by atoms with van der Waals surface area (Å²) in [5, 5.41) is 3.54. The van der Waals surface area contributed by atoms with Gasteiger partial charge in [0.25, 0.3) is 5.91 Å². The molecular formula is C24H14F5N3O3. The first-order valence-corrected chi connectivity index (χ1v) is 10.2. The van der Waals surface area contributed by atoms with Crippen LogP contribution in [-0.4, -0.2) is 23.0 Å². The molecule has 5 rings (SSSR count). The Bertz CT molecular complexity index is 1460. The number of aromatic amines is 1. The molecule has 0 spiro atoms. The van der Waals surface area contributed by atoms with Crippen molar-refractivity contribution in [3.63, 3.8) is 0 Å². The summed E-state index contributed by atoms with van der Waals surface area (Å²) >= 11 is 0. The number of aromatic nitrogens is 1. The second kappa shape index (κ2) is 8.42. The molecule has 11 heteroatoms. The predicted octanol–water partition coefficient (Wildman–Crippen LogP) is 5.32. The maximum absolute atomic E-state index is 13.9. The number of fused-ring (bicyclic) bond motifs is 1. The van der Waals surface area contributed by atoms with E-state index < -0.39 is 52.8 Å². The molecule has 1 atom stereocenters. The second-order valence-electron chi connectivity index (χ2n) is 7.73. The number of imide groups is 1. The van der Waals surface area contributed by atoms with E-state index in [0.29, 0.717) is 0 Å². The Morgan fingerprint density at radius 1 is 0.829 bits per heavy atom. The minimum atomic E-state index is -2.30. The van der Waals surface area contributed by atoms with Gasteiger partial charge in [-0.1, -0.05) is 18.2 Å². The van der Waals surface area contributed by atoms with Gasteiger partial charge in [-0.15, -0.1) is 0 Å². The normalized spacial score (nSPS) is 15.7. The molecule has 6 nitrogen and oxygen atoms in total. The number of benzene rings is 3. The molecular weight excluding hydrogens is 473 g/mol. The highest BCUT2D eigenvalue weighted by Gasteiger charge is 2.39. The van der Waals surface area contributed by atoms with Gasteiger partial charge >= 0.3 is 6.03 Å². The Balaban J connectivity index is 1.35. The van der Waals surface area contributed by atoms with Crippen LogP contribution in [0.25, 0.3) is 10.9 Å². The summed E-state index contributed by atoms with van der Waals surface area (Å²) in [6.45, 7) is 0. The Morgan fingerprint density at radius 3 is 2.14 bits per heavy atom. The topological polar surface area (TPSA) is 74.4 Å². The third-order valence-electron chi connectivity index (χ3n) is 5.60. The molecule has 1 fully saturated rings. The Kier molecular flexibility index (Phi) is 5.39. The lowest BCUT2D eigenvalue weighted by molar-refractivity contribution is -0.118. The van der Waals surface area contributed by atoms with Gasteiger partial charge in [-0.05, 0) is 35.9 Å². The zero-order valence-corrected chi connectivity index (χ0v) is 17.5. The predicted molar refractivity (Wildman–Crippen MR) is 115 cm³/mol. The van der Waals surface area contributed by atoms with Crippen molar-refractivity contribution in [2.75, 3.05) is 4.90 Å². The van der Waals surface area contributed by atoms with E-state index in [1.165, 1.54) is 12.1 Å². The number of nitrogens with zero attached hydrogens (tertiary/aromatic N) is 1. The first-order valence-electron chi connectivity index (χ1n) is 10.2. The fourth-order valence-corrected chi connectivity index (χ4v) is 3.89. The molecule has 2 N–H and O–H groups in total. The number of nitrogens with one attached hydrogen (secondary N) is 2. The lowest BCUT2D eigenvalue weighted by atomic mass is 10.0. The molecule has 178 valence electrons. The van der Waals surface area contributed by atoms with Gasteiger partial charge < -0.3 is 15.0 Å². The van der Waals surface area contributed by atoms with E-state index in [2.05, 4.69) is 10.3 Å². The molecule has 0 bridgehead atoms. The van der Waals surface area contributed by atoms with Crippen LogP contribution in [0.5, 0.6) is 11.5 Å². The number of ether oxygens (including phenoxy) is 1. The SMILES string of the molecule is O=C1N[C@H](Cc2c[nH]c3ccccc23)C(=O)N1c1ccc(Oc2c(F)c(F)c(F)c(F)c2F)cc1. The van der Waals surface area contributed by atoms with Crippen molar-refractivity contribution in [3.05, 3.63) is 89.4 Å². The highest BCUT2D eigenvalue weighted by Crippen LogP contribution is 2.34.